The minimum Gasteiger partial charge on any atom is -0.497 e. The summed E-state index contributed by atoms with van der Waals surface area (Å²) in [6.45, 7) is 4.04. The van der Waals surface area contributed by atoms with E-state index in [1.54, 1.807) is 19.2 Å². The molecular weight excluding hydrogens is 393 g/mol. The van der Waals surface area contributed by atoms with E-state index in [0.717, 1.165) is 51.6 Å². The Morgan fingerprint density at radius 2 is 1.94 bits per heavy atom. The molecule has 2 atom stereocenters. The Bertz CT molecular complexity index is 1210. The molecule has 0 radical (unpaired) electrons. The molecule has 1 N–H and O–H groups in total. The van der Waals surface area contributed by atoms with Crippen molar-refractivity contribution in [2.24, 2.45) is 5.92 Å². The summed E-state index contributed by atoms with van der Waals surface area (Å²) >= 11 is 0. The fourth-order valence-corrected chi connectivity index (χ4v) is 4.76. The first kappa shape index (κ1) is 19.5. The third-order valence-corrected chi connectivity index (χ3v) is 6.13. The number of hydrogen-bond acceptors (Lipinski definition) is 4. The lowest BCUT2D eigenvalue weighted by molar-refractivity contribution is -0.117. The van der Waals surface area contributed by atoms with Crippen molar-refractivity contribution in [1.29, 1.82) is 0 Å². The quantitative estimate of drug-likeness (QED) is 0.630. The van der Waals surface area contributed by atoms with Gasteiger partial charge in [-0.3, -0.25) is 4.79 Å². The Morgan fingerprint density at radius 1 is 1.16 bits per heavy atom. The molecule has 3 aromatic rings. The zero-order valence-corrected chi connectivity index (χ0v) is 17.8. The van der Waals surface area contributed by atoms with Crippen LogP contribution in [-0.4, -0.2) is 22.7 Å². The Kier molecular flexibility index (Phi) is 4.65. The lowest BCUT2D eigenvalue weighted by atomic mass is 9.81. The molecule has 0 amide bonds. The molecule has 0 spiro atoms. The highest BCUT2D eigenvalue weighted by Gasteiger charge is 2.39. The van der Waals surface area contributed by atoms with E-state index in [1.165, 1.54) is 12.1 Å². The summed E-state index contributed by atoms with van der Waals surface area (Å²) in [5, 5.41) is 8.37. The Hall–Kier alpha value is -3.41. The van der Waals surface area contributed by atoms with Crippen LogP contribution in [0.4, 0.5) is 10.2 Å². The summed E-state index contributed by atoms with van der Waals surface area (Å²) < 4.78 is 20.9. The van der Waals surface area contributed by atoms with Gasteiger partial charge in [0, 0.05) is 23.3 Å². The summed E-state index contributed by atoms with van der Waals surface area (Å²) in [7, 11) is 1.63. The predicted octanol–water partition coefficient (Wildman–Crippen LogP) is 5.27. The molecule has 0 saturated carbocycles. The fraction of sp³-hybridized carbons (Fsp3) is 0.280. The summed E-state index contributed by atoms with van der Waals surface area (Å²) in [6.07, 6.45) is 1.33. The number of allylic oxidation sites excluding steroid dienone is 2. The SMILES string of the molecule is COc1cccc([C@H]2C3=C(C[C@@H](C)CC3=O)Nc3c(-c4ccc(F)cc4)c(C)nn32)c1. The number of ether oxygens (including phenoxy) is 1. The largest absolute Gasteiger partial charge is 0.497 e. The normalized spacial score (nSPS) is 20.2. The number of aryl methyl sites for hydroxylation is 1. The number of carbonyl (C=O) groups is 1. The van der Waals surface area contributed by atoms with Gasteiger partial charge in [-0.2, -0.15) is 5.10 Å². The summed E-state index contributed by atoms with van der Waals surface area (Å²) in [6, 6.07) is 13.9. The molecule has 158 valence electrons. The van der Waals surface area contributed by atoms with E-state index in [-0.39, 0.29) is 23.6 Å². The monoisotopic (exact) mass is 417 g/mol. The van der Waals surface area contributed by atoms with E-state index >= 15 is 0 Å². The first-order valence-corrected chi connectivity index (χ1v) is 10.5. The van der Waals surface area contributed by atoms with Crippen LogP contribution in [0.25, 0.3) is 11.1 Å². The molecule has 0 saturated heterocycles. The highest BCUT2D eigenvalue weighted by molar-refractivity contribution is 6.00. The topological polar surface area (TPSA) is 56.1 Å². The molecule has 2 aromatic carbocycles. The van der Waals surface area contributed by atoms with Crippen LogP contribution in [0.5, 0.6) is 5.75 Å². The van der Waals surface area contributed by atoms with Crippen LogP contribution in [0.3, 0.4) is 0 Å². The molecule has 31 heavy (non-hydrogen) atoms. The molecular formula is C25H24FN3O2. The van der Waals surface area contributed by atoms with Gasteiger partial charge in [-0.25, -0.2) is 9.07 Å². The lowest BCUT2D eigenvalue weighted by Crippen LogP contribution is -2.33. The van der Waals surface area contributed by atoms with Gasteiger partial charge in [0.1, 0.15) is 23.4 Å². The number of ketones is 1. The van der Waals surface area contributed by atoms with Gasteiger partial charge in [0.25, 0.3) is 0 Å². The van der Waals surface area contributed by atoms with Gasteiger partial charge >= 0.3 is 0 Å². The van der Waals surface area contributed by atoms with Crippen LogP contribution < -0.4 is 10.1 Å². The van der Waals surface area contributed by atoms with Crippen molar-refractivity contribution < 1.29 is 13.9 Å². The number of Topliss-reactive ketones (excluding diaryl/α,β-unsaturated/α-hetero) is 1. The molecule has 1 aliphatic carbocycles. The molecule has 0 fully saturated rings. The summed E-state index contributed by atoms with van der Waals surface area (Å²) in [5.41, 5.74) is 5.30. The van der Waals surface area contributed by atoms with Crippen LogP contribution in [0.2, 0.25) is 0 Å². The van der Waals surface area contributed by atoms with Gasteiger partial charge in [-0.15, -0.1) is 0 Å². The first-order chi connectivity index (χ1) is 15.0. The number of nitrogens with one attached hydrogen (secondary N) is 1. The Morgan fingerprint density at radius 3 is 2.68 bits per heavy atom. The van der Waals surface area contributed by atoms with E-state index in [0.29, 0.717) is 6.42 Å². The van der Waals surface area contributed by atoms with E-state index in [2.05, 4.69) is 12.2 Å². The highest BCUT2D eigenvalue weighted by atomic mass is 19.1. The van der Waals surface area contributed by atoms with E-state index in [1.807, 2.05) is 35.9 Å². The molecule has 5 nitrogen and oxygen atoms in total. The number of benzene rings is 2. The third kappa shape index (κ3) is 3.23. The van der Waals surface area contributed by atoms with Gasteiger partial charge in [0.05, 0.1) is 12.8 Å². The second-order valence-electron chi connectivity index (χ2n) is 8.39. The Balaban J connectivity index is 1.74. The third-order valence-electron chi connectivity index (χ3n) is 6.13. The second-order valence-corrected chi connectivity index (χ2v) is 8.39. The van der Waals surface area contributed by atoms with Crippen LogP contribution in [0.1, 0.15) is 37.1 Å². The van der Waals surface area contributed by atoms with Crippen molar-refractivity contribution in [2.75, 3.05) is 12.4 Å². The van der Waals surface area contributed by atoms with Crippen molar-refractivity contribution in [2.45, 2.75) is 32.7 Å². The average molecular weight is 417 g/mol. The minimum atomic E-state index is -0.339. The molecule has 0 unspecified atom stereocenters. The number of hydrogen-bond donors (Lipinski definition) is 1. The molecule has 5 rings (SSSR count). The van der Waals surface area contributed by atoms with Gasteiger partial charge < -0.3 is 10.1 Å². The number of nitrogens with zero attached hydrogens (tertiary/aromatic N) is 2. The number of aromatic nitrogens is 2. The number of rotatable bonds is 3. The molecule has 2 heterocycles. The van der Waals surface area contributed by atoms with Gasteiger partial charge in [-0.05, 0) is 54.7 Å². The van der Waals surface area contributed by atoms with Crippen molar-refractivity contribution in [3.8, 4) is 16.9 Å². The molecule has 6 heteroatoms. The van der Waals surface area contributed by atoms with E-state index < -0.39 is 0 Å². The standard InChI is InChI=1S/C25H24FN3O2/c1-14-11-20-23(21(30)12-14)24(17-5-4-6-19(13-17)31-3)29-25(27-20)22(15(2)28-29)16-7-9-18(26)10-8-16/h4-10,13-14,24,27H,11-12H2,1-3H3/t14-,24+/m1/s1. The fourth-order valence-electron chi connectivity index (χ4n) is 4.76. The summed E-state index contributed by atoms with van der Waals surface area (Å²) in [5.74, 6) is 1.71. The maximum atomic E-state index is 13.5. The van der Waals surface area contributed by atoms with Crippen molar-refractivity contribution >= 4 is 11.6 Å². The number of halogens is 1. The molecule has 2 aliphatic rings. The first-order valence-electron chi connectivity index (χ1n) is 10.5. The van der Waals surface area contributed by atoms with Crippen LogP contribution in [0, 0.1) is 18.7 Å². The maximum Gasteiger partial charge on any atom is 0.163 e. The minimum absolute atomic E-state index is 0.149. The van der Waals surface area contributed by atoms with E-state index in [4.69, 9.17) is 9.84 Å². The van der Waals surface area contributed by atoms with Gasteiger partial charge in [-0.1, -0.05) is 31.2 Å². The second kappa shape index (κ2) is 7.38. The number of carbonyl (C=O) groups excluding carboxylic acids is 1. The summed E-state index contributed by atoms with van der Waals surface area (Å²) in [4.78, 5) is 13.2. The van der Waals surface area contributed by atoms with Crippen molar-refractivity contribution in [1.82, 2.24) is 9.78 Å². The van der Waals surface area contributed by atoms with Crippen molar-refractivity contribution in [3.05, 3.63) is 76.9 Å². The smallest absolute Gasteiger partial charge is 0.163 e. The predicted molar refractivity (Wildman–Crippen MR) is 118 cm³/mol. The number of anilines is 1. The average Bonchev–Trinajstić information content (AvgIpc) is 3.08. The van der Waals surface area contributed by atoms with E-state index in [9.17, 15) is 9.18 Å². The molecule has 1 aliphatic heterocycles. The highest BCUT2D eigenvalue weighted by Crippen LogP contribution is 2.46. The van der Waals surface area contributed by atoms with Gasteiger partial charge in [0.15, 0.2) is 5.78 Å². The Labute approximate surface area is 180 Å². The van der Waals surface area contributed by atoms with Crippen LogP contribution in [0.15, 0.2) is 59.8 Å². The van der Waals surface area contributed by atoms with Crippen LogP contribution in [-0.2, 0) is 4.79 Å². The molecule has 0 bridgehead atoms. The molecule has 1 aromatic heterocycles. The zero-order valence-electron chi connectivity index (χ0n) is 17.8. The van der Waals surface area contributed by atoms with Crippen molar-refractivity contribution in [3.63, 3.8) is 0 Å². The van der Waals surface area contributed by atoms with Crippen LogP contribution >= 0.6 is 0 Å². The van der Waals surface area contributed by atoms with Gasteiger partial charge in [0.2, 0.25) is 0 Å². The zero-order chi connectivity index (χ0) is 21.7. The number of fused-ring (bicyclic) bond motifs is 1. The maximum absolute atomic E-state index is 13.5. The number of methoxy groups -OCH3 is 1. The lowest BCUT2D eigenvalue weighted by Gasteiger charge is -2.35.